The Bertz CT molecular complexity index is 727. The van der Waals surface area contributed by atoms with Crippen molar-refractivity contribution in [3.63, 3.8) is 0 Å². The molecule has 9 heteroatoms. The van der Waals surface area contributed by atoms with Gasteiger partial charge in [-0.1, -0.05) is 62.3 Å². The molecule has 0 aromatic heterocycles. The highest BCUT2D eigenvalue weighted by Gasteiger charge is 2.73. The number of nitrogens with zero attached hydrogens (tertiary/aromatic N) is 1. The molecule has 2 atom stereocenters. The van der Waals surface area contributed by atoms with Gasteiger partial charge in [-0.2, -0.15) is 0 Å². The number of aliphatic carboxylic acids is 3. The summed E-state index contributed by atoms with van der Waals surface area (Å²) in [5.74, 6) is -4.35. The number of carbonyl (C=O) groups is 4. The van der Waals surface area contributed by atoms with Crippen LogP contribution in [0.4, 0.5) is 0 Å². The largest absolute Gasteiger partial charge is 0.481 e. The molecule has 0 aliphatic heterocycles. The molecule has 0 aromatic carbocycles. The predicted molar refractivity (Wildman–Crippen MR) is 121 cm³/mol. The van der Waals surface area contributed by atoms with E-state index in [1.54, 1.807) is 62.3 Å². The van der Waals surface area contributed by atoms with E-state index in [1.807, 2.05) is 0 Å². The number of carboxylic acids is 3. The minimum atomic E-state index is -1.96. The van der Waals surface area contributed by atoms with Crippen LogP contribution in [0.1, 0.15) is 81.6 Å². The van der Waals surface area contributed by atoms with Crippen LogP contribution in [-0.4, -0.2) is 62.7 Å². The zero-order valence-electron chi connectivity index (χ0n) is 21.2. The lowest BCUT2D eigenvalue weighted by atomic mass is 9.40. The maximum Gasteiger partial charge on any atom is 0.330 e. The van der Waals surface area contributed by atoms with Crippen LogP contribution in [0.2, 0.25) is 0 Å². The highest BCUT2D eigenvalue weighted by molar-refractivity contribution is 5.90. The molecule has 0 fully saturated rings. The Morgan fingerprint density at radius 3 is 1.47 bits per heavy atom. The first-order valence-electron chi connectivity index (χ1n) is 10.7. The molecule has 5 N–H and O–H groups in total. The number of carboxylic acid groups (broad SMARTS) is 3. The first-order valence-corrected chi connectivity index (χ1v) is 10.7. The van der Waals surface area contributed by atoms with Gasteiger partial charge in [0.15, 0.2) is 5.54 Å². The lowest BCUT2D eigenvalue weighted by Crippen LogP contribution is -2.77. The third-order valence-corrected chi connectivity index (χ3v) is 6.85. The van der Waals surface area contributed by atoms with Crippen LogP contribution in [0.25, 0.3) is 0 Å². The standard InChI is InChI=1S/C23H42N2O7/c1-19(2,3)22(13-16(27)28,20(4,5)6)23(18(31)32,21(7,8)9)25(10)15(26)12-11-14(24)17(29)30/h14H,11-13,24H2,1-10H3,(H,27,28)(H,29,30)(H,31,32)/t14-,23-/m0/s1. The van der Waals surface area contributed by atoms with Crippen molar-refractivity contribution in [2.45, 2.75) is 93.2 Å². The van der Waals surface area contributed by atoms with Crippen molar-refractivity contribution >= 4 is 23.8 Å². The van der Waals surface area contributed by atoms with Crippen molar-refractivity contribution in [3.05, 3.63) is 0 Å². The van der Waals surface area contributed by atoms with Crippen molar-refractivity contribution in [2.75, 3.05) is 7.05 Å². The van der Waals surface area contributed by atoms with Gasteiger partial charge in [0.25, 0.3) is 0 Å². The maximum absolute atomic E-state index is 13.3. The minimum absolute atomic E-state index is 0.171. The summed E-state index contributed by atoms with van der Waals surface area (Å²) in [7, 11) is 1.36. The molecule has 0 bridgehead atoms. The normalized spacial score (nSPS) is 16.1. The molecule has 0 saturated heterocycles. The quantitative estimate of drug-likeness (QED) is 0.410. The van der Waals surface area contributed by atoms with E-state index in [0.717, 1.165) is 4.90 Å². The topological polar surface area (TPSA) is 158 Å². The van der Waals surface area contributed by atoms with Crippen molar-refractivity contribution in [3.8, 4) is 0 Å². The Kier molecular flexibility index (Phi) is 8.74. The van der Waals surface area contributed by atoms with Crippen LogP contribution in [0.15, 0.2) is 0 Å². The smallest absolute Gasteiger partial charge is 0.330 e. The molecule has 0 aliphatic rings. The second kappa shape index (κ2) is 9.37. The van der Waals surface area contributed by atoms with E-state index in [0.29, 0.717) is 0 Å². The van der Waals surface area contributed by atoms with Crippen molar-refractivity contribution < 1.29 is 34.5 Å². The van der Waals surface area contributed by atoms with Gasteiger partial charge < -0.3 is 26.0 Å². The van der Waals surface area contributed by atoms with Crippen LogP contribution >= 0.6 is 0 Å². The first kappa shape index (κ1) is 29.8. The second-order valence-corrected chi connectivity index (χ2v) is 11.7. The molecule has 0 heterocycles. The van der Waals surface area contributed by atoms with E-state index in [9.17, 15) is 29.4 Å². The van der Waals surface area contributed by atoms with Crippen LogP contribution in [0.3, 0.4) is 0 Å². The van der Waals surface area contributed by atoms with Crippen molar-refractivity contribution in [1.82, 2.24) is 4.90 Å². The maximum atomic E-state index is 13.3. The Morgan fingerprint density at radius 2 is 1.22 bits per heavy atom. The van der Waals surface area contributed by atoms with Gasteiger partial charge in [0.1, 0.15) is 6.04 Å². The van der Waals surface area contributed by atoms with E-state index in [1.165, 1.54) is 7.05 Å². The van der Waals surface area contributed by atoms with Gasteiger partial charge in [-0.05, 0) is 22.7 Å². The summed E-state index contributed by atoms with van der Waals surface area (Å²) in [5, 5.41) is 29.8. The Balaban J connectivity index is 7.35. The van der Waals surface area contributed by atoms with Crippen LogP contribution in [-0.2, 0) is 19.2 Å². The second-order valence-electron chi connectivity index (χ2n) is 11.7. The third-order valence-electron chi connectivity index (χ3n) is 6.85. The molecule has 186 valence electrons. The predicted octanol–water partition coefficient (Wildman–Crippen LogP) is 3.06. The van der Waals surface area contributed by atoms with Gasteiger partial charge in [-0.25, -0.2) is 4.79 Å². The van der Waals surface area contributed by atoms with Gasteiger partial charge >= 0.3 is 17.9 Å². The minimum Gasteiger partial charge on any atom is -0.481 e. The van der Waals surface area contributed by atoms with Gasteiger partial charge in [-0.3, -0.25) is 14.4 Å². The number of carbonyl (C=O) groups excluding carboxylic acids is 1. The monoisotopic (exact) mass is 458 g/mol. The Hall–Kier alpha value is -2.16. The average molecular weight is 459 g/mol. The summed E-state index contributed by atoms with van der Waals surface area (Å²) in [6, 6.07) is -1.27. The van der Waals surface area contributed by atoms with E-state index < -0.39 is 63.5 Å². The number of hydrogen-bond donors (Lipinski definition) is 4. The number of rotatable bonds is 9. The number of amides is 1. The van der Waals surface area contributed by atoms with Crippen molar-refractivity contribution in [2.24, 2.45) is 27.4 Å². The summed E-state index contributed by atoms with van der Waals surface area (Å²) in [6.07, 6.45) is -0.947. The molecule has 0 unspecified atom stereocenters. The van der Waals surface area contributed by atoms with Gasteiger partial charge in [-0.15, -0.1) is 0 Å². The van der Waals surface area contributed by atoms with E-state index in [2.05, 4.69) is 0 Å². The van der Waals surface area contributed by atoms with Gasteiger partial charge in [0.05, 0.1) is 6.42 Å². The third kappa shape index (κ3) is 4.92. The number of likely N-dealkylation sites (N-methyl/N-ethyl adjacent to an activating group) is 1. The highest BCUT2D eigenvalue weighted by atomic mass is 16.4. The van der Waals surface area contributed by atoms with Crippen LogP contribution < -0.4 is 5.73 Å². The fraction of sp³-hybridized carbons (Fsp3) is 0.826. The average Bonchev–Trinajstić information content (AvgIpc) is 2.54. The molecular weight excluding hydrogens is 416 g/mol. The molecule has 9 nitrogen and oxygen atoms in total. The van der Waals surface area contributed by atoms with Crippen LogP contribution in [0, 0.1) is 21.7 Å². The summed E-state index contributed by atoms with van der Waals surface area (Å²) in [6.45, 7) is 15.8. The number of nitrogens with two attached hydrogens (primary N) is 1. The molecule has 1 amide bonds. The molecule has 0 rings (SSSR count). The molecule has 0 saturated carbocycles. The van der Waals surface area contributed by atoms with Crippen molar-refractivity contribution in [1.29, 1.82) is 0 Å². The van der Waals surface area contributed by atoms with E-state index in [-0.39, 0.29) is 12.8 Å². The highest BCUT2D eigenvalue weighted by Crippen LogP contribution is 2.66. The zero-order valence-corrected chi connectivity index (χ0v) is 21.2. The van der Waals surface area contributed by atoms with Gasteiger partial charge in [0, 0.05) is 18.9 Å². The SMILES string of the molecule is CN(C(=O)CC[C@H](N)C(=O)O)[C@@](C(=O)O)(C(C)(C)C)C(CC(=O)O)(C(C)(C)C)C(C)(C)C. The Labute approximate surface area is 191 Å². The molecule has 0 spiro atoms. The lowest BCUT2D eigenvalue weighted by molar-refractivity contribution is -0.224. The summed E-state index contributed by atoms with van der Waals surface area (Å²) in [4.78, 5) is 51.0. The summed E-state index contributed by atoms with van der Waals surface area (Å²) >= 11 is 0. The molecule has 0 aliphatic carbocycles. The molecular formula is C23H42N2O7. The lowest BCUT2D eigenvalue weighted by Gasteiger charge is -2.67. The fourth-order valence-corrected chi connectivity index (χ4v) is 5.93. The van der Waals surface area contributed by atoms with E-state index in [4.69, 9.17) is 10.8 Å². The first-order chi connectivity index (χ1) is 14.0. The fourth-order valence-electron chi connectivity index (χ4n) is 5.93. The molecule has 0 radical (unpaired) electrons. The summed E-state index contributed by atoms with van der Waals surface area (Å²) in [5.41, 5.74) is -0.706. The van der Waals surface area contributed by atoms with Crippen LogP contribution in [0.5, 0.6) is 0 Å². The Morgan fingerprint density at radius 1 is 0.812 bits per heavy atom. The van der Waals surface area contributed by atoms with E-state index >= 15 is 0 Å². The number of hydrogen-bond acceptors (Lipinski definition) is 5. The van der Waals surface area contributed by atoms with Gasteiger partial charge in [0.2, 0.25) is 5.91 Å². The molecule has 0 aromatic rings. The molecule has 32 heavy (non-hydrogen) atoms. The summed E-state index contributed by atoms with van der Waals surface area (Å²) < 4.78 is 0. The zero-order chi connectivity index (χ0) is 26.1.